The predicted octanol–water partition coefficient (Wildman–Crippen LogP) is -0.158. The van der Waals surface area contributed by atoms with Crippen LogP contribution in [-0.4, -0.2) is 46.3 Å². The van der Waals surface area contributed by atoms with Crippen molar-refractivity contribution in [3.8, 4) is 0 Å². The Balaban J connectivity index is 1.46. The van der Waals surface area contributed by atoms with Crippen molar-refractivity contribution in [2.45, 2.75) is 31.5 Å². The van der Waals surface area contributed by atoms with E-state index in [0.29, 0.717) is 24.9 Å². The Labute approximate surface area is 101 Å². The third-order valence-corrected chi connectivity index (χ3v) is 5.59. The highest BCUT2D eigenvalue weighted by atomic mass is 16.3. The summed E-state index contributed by atoms with van der Waals surface area (Å²) in [5.74, 6) is 3.34. The molecule has 2 bridgehead atoms. The third-order valence-electron chi connectivity index (χ3n) is 5.59. The first-order chi connectivity index (χ1) is 8.16. The molecule has 4 heteroatoms. The quantitative estimate of drug-likeness (QED) is 0.666. The van der Waals surface area contributed by atoms with Crippen LogP contribution in [0.2, 0.25) is 0 Å². The number of amides is 1. The van der Waals surface area contributed by atoms with Crippen molar-refractivity contribution in [3.63, 3.8) is 0 Å². The second-order valence-corrected chi connectivity index (χ2v) is 6.39. The molecule has 0 aromatic carbocycles. The summed E-state index contributed by atoms with van der Waals surface area (Å²) in [7, 11) is 0. The summed E-state index contributed by atoms with van der Waals surface area (Å²) in [6, 6.07) is 0. The molecular weight excluding hydrogens is 218 g/mol. The number of β-amino-alcohol motifs (C(OH)–C–C–N with tert-alkyl or cyclic N) is 2. The van der Waals surface area contributed by atoms with E-state index in [-0.39, 0.29) is 11.8 Å². The van der Waals surface area contributed by atoms with Gasteiger partial charge in [-0.05, 0) is 42.9 Å². The largest absolute Gasteiger partial charge is 0.388 e. The first kappa shape index (κ1) is 10.3. The van der Waals surface area contributed by atoms with Crippen LogP contribution in [0.15, 0.2) is 0 Å². The van der Waals surface area contributed by atoms with E-state index in [9.17, 15) is 15.0 Å². The molecule has 6 atom stereocenters. The SMILES string of the molecule is O=C(C1C2C3CCC(C3)C12)N1CC(O)C(O)C1. The van der Waals surface area contributed by atoms with Gasteiger partial charge in [0.05, 0.1) is 12.2 Å². The summed E-state index contributed by atoms with van der Waals surface area (Å²) in [5, 5.41) is 19.0. The van der Waals surface area contributed by atoms with Crippen molar-refractivity contribution < 1.29 is 15.0 Å². The molecule has 4 fully saturated rings. The van der Waals surface area contributed by atoms with Crippen molar-refractivity contribution in [1.29, 1.82) is 0 Å². The average molecular weight is 237 g/mol. The molecule has 0 aromatic heterocycles. The Kier molecular flexibility index (Phi) is 1.96. The lowest BCUT2D eigenvalue weighted by Crippen LogP contribution is -2.32. The molecule has 1 amide bonds. The lowest BCUT2D eigenvalue weighted by Gasteiger charge is -2.17. The molecular formula is C13H19NO3. The molecule has 2 N–H and O–H groups in total. The minimum Gasteiger partial charge on any atom is -0.388 e. The smallest absolute Gasteiger partial charge is 0.226 e. The van der Waals surface area contributed by atoms with E-state index in [1.54, 1.807) is 4.90 Å². The Bertz CT molecular complexity index is 346. The fourth-order valence-electron chi connectivity index (χ4n) is 4.82. The molecule has 4 nitrogen and oxygen atoms in total. The number of aliphatic hydroxyl groups is 2. The standard InChI is InChI=1S/C13H19NO3/c15-8-4-14(5-9(8)16)13(17)12-10-6-1-2-7(3-6)11(10)12/h6-12,15-16H,1-5H2. The molecule has 0 aromatic rings. The Morgan fingerprint density at radius 1 is 1.00 bits per heavy atom. The van der Waals surface area contributed by atoms with Crippen LogP contribution in [-0.2, 0) is 4.79 Å². The zero-order valence-electron chi connectivity index (χ0n) is 9.83. The maximum absolute atomic E-state index is 12.3. The molecule has 0 spiro atoms. The highest BCUT2D eigenvalue weighted by molar-refractivity contribution is 5.83. The Morgan fingerprint density at radius 2 is 1.53 bits per heavy atom. The van der Waals surface area contributed by atoms with Crippen LogP contribution >= 0.6 is 0 Å². The van der Waals surface area contributed by atoms with Gasteiger partial charge < -0.3 is 15.1 Å². The maximum atomic E-state index is 12.3. The van der Waals surface area contributed by atoms with E-state index >= 15 is 0 Å². The first-order valence-corrected chi connectivity index (χ1v) is 6.81. The fourth-order valence-corrected chi connectivity index (χ4v) is 4.82. The summed E-state index contributed by atoms with van der Waals surface area (Å²) < 4.78 is 0. The monoisotopic (exact) mass is 237 g/mol. The van der Waals surface area contributed by atoms with Gasteiger partial charge in [0.25, 0.3) is 0 Å². The van der Waals surface area contributed by atoms with Crippen molar-refractivity contribution >= 4 is 5.91 Å². The first-order valence-electron chi connectivity index (χ1n) is 6.81. The molecule has 0 radical (unpaired) electrons. The van der Waals surface area contributed by atoms with Gasteiger partial charge in [0, 0.05) is 19.0 Å². The van der Waals surface area contributed by atoms with Crippen molar-refractivity contribution in [1.82, 2.24) is 4.90 Å². The van der Waals surface area contributed by atoms with Crippen molar-refractivity contribution in [2.24, 2.45) is 29.6 Å². The van der Waals surface area contributed by atoms with Crippen LogP contribution in [0.1, 0.15) is 19.3 Å². The van der Waals surface area contributed by atoms with Gasteiger partial charge in [-0.1, -0.05) is 0 Å². The summed E-state index contributed by atoms with van der Waals surface area (Å²) in [6.45, 7) is 0.649. The number of carbonyl (C=O) groups is 1. The number of rotatable bonds is 1. The van der Waals surface area contributed by atoms with Crippen LogP contribution in [0.3, 0.4) is 0 Å². The van der Waals surface area contributed by atoms with Crippen LogP contribution in [0.25, 0.3) is 0 Å². The maximum Gasteiger partial charge on any atom is 0.226 e. The molecule has 4 aliphatic rings. The minimum absolute atomic E-state index is 0.201. The van der Waals surface area contributed by atoms with Crippen molar-refractivity contribution in [2.75, 3.05) is 13.1 Å². The van der Waals surface area contributed by atoms with Gasteiger partial charge in [0.15, 0.2) is 0 Å². The second-order valence-electron chi connectivity index (χ2n) is 6.39. The molecule has 1 heterocycles. The number of aliphatic hydroxyl groups excluding tert-OH is 2. The normalized spacial score (nSPS) is 55.2. The summed E-state index contributed by atoms with van der Waals surface area (Å²) in [6.07, 6.45) is 2.51. The topological polar surface area (TPSA) is 60.8 Å². The van der Waals surface area contributed by atoms with Gasteiger partial charge in [-0.2, -0.15) is 0 Å². The summed E-state index contributed by atoms with van der Waals surface area (Å²) >= 11 is 0. The van der Waals surface area contributed by atoms with Crippen LogP contribution < -0.4 is 0 Å². The van der Waals surface area contributed by atoms with Gasteiger partial charge >= 0.3 is 0 Å². The van der Waals surface area contributed by atoms with E-state index in [2.05, 4.69) is 0 Å². The predicted molar refractivity (Wildman–Crippen MR) is 59.9 cm³/mol. The lowest BCUT2D eigenvalue weighted by molar-refractivity contribution is -0.133. The highest BCUT2D eigenvalue weighted by Crippen LogP contribution is 2.69. The molecule has 6 unspecified atom stereocenters. The number of nitrogens with zero attached hydrogens (tertiary/aromatic N) is 1. The highest BCUT2D eigenvalue weighted by Gasteiger charge is 2.68. The van der Waals surface area contributed by atoms with Gasteiger partial charge in [-0.15, -0.1) is 0 Å². The Morgan fingerprint density at radius 3 is 2.06 bits per heavy atom. The molecule has 3 aliphatic carbocycles. The zero-order valence-corrected chi connectivity index (χ0v) is 9.83. The van der Waals surface area contributed by atoms with E-state index < -0.39 is 12.2 Å². The summed E-state index contributed by atoms with van der Waals surface area (Å²) in [5.41, 5.74) is 0. The van der Waals surface area contributed by atoms with Gasteiger partial charge in [0.2, 0.25) is 5.91 Å². The van der Waals surface area contributed by atoms with Crippen LogP contribution in [0, 0.1) is 29.6 Å². The van der Waals surface area contributed by atoms with Gasteiger partial charge in [-0.25, -0.2) is 0 Å². The number of fused-ring (bicyclic) bond motifs is 5. The second kappa shape index (κ2) is 3.23. The average Bonchev–Trinajstić information content (AvgIpc) is 2.60. The van der Waals surface area contributed by atoms with E-state index in [1.165, 1.54) is 19.3 Å². The third kappa shape index (κ3) is 1.28. The van der Waals surface area contributed by atoms with Gasteiger partial charge in [-0.3, -0.25) is 4.79 Å². The van der Waals surface area contributed by atoms with Crippen molar-refractivity contribution in [3.05, 3.63) is 0 Å². The molecule has 4 rings (SSSR count). The van der Waals surface area contributed by atoms with Gasteiger partial charge in [0.1, 0.15) is 0 Å². The van der Waals surface area contributed by atoms with E-state index in [1.807, 2.05) is 0 Å². The zero-order chi connectivity index (χ0) is 11.7. The molecule has 1 saturated heterocycles. The molecule has 3 saturated carbocycles. The van der Waals surface area contributed by atoms with Crippen LogP contribution in [0.4, 0.5) is 0 Å². The minimum atomic E-state index is -0.741. The molecule has 17 heavy (non-hydrogen) atoms. The fraction of sp³-hybridized carbons (Fsp3) is 0.923. The van der Waals surface area contributed by atoms with Crippen LogP contribution in [0.5, 0.6) is 0 Å². The molecule has 94 valence electrons. The van der Waals surface area contributed by atoms with E-state index in [0.717, 1.165) is 11.8 Å². The number of carbonyl (C=O) groups excluding carboxylic acids is 1. The Hall–Kier alpha value is -0.610. The summed E-state index contributed by atoms with van der Waals surface area (Å²) in [4.78, 5) is 14.0. The number of hydrogen-bond donors (Lipinski definition) is 2. The lowest BCUT2D eigenvalue weighted by atomic mass is 10.0. The number of hydrogen-bond acceptors (Lipinski definition) is 3. The van der Waals surface area contributed by atoms with E-state index in [4.69, 9.17) is 0 Å². The number of likely N-dealkylation sites (tertiary alicyclic amines) is 1. The molecule has 1 aliphatic heterocycles.